The Morgan fingerprint density at radius 1 is 1.26 bits per heavy atom. The monoisotopic (exact) mass is 319 g/mol. The number of hydrogen-bond donors (Lipinski definition) is 1. The molecule has 1 aromatic carbocycles. The molecule has 23 heavy (non-hydrogen) atoms. The van der Waals surface area contributed by atoms with Crippen molar-refractivity contribution in [1.29, 1.82) is 0 Å². The summed E-state index contributed by atoms with van der Waals surface area (Å²) in [7, 11) is 1.69. The zero-order valence-corrected chi connectivity index (χ0v) is 13.3. The second-order valence-electron chi connectivity index (χ2n) is 6.48. The minimum absolute atomic E-state index is 0.0166. The third-order valence-corrected chi connectivity index (χ3v) is 4.76. The third kappa shape index (κ3) is 3.63. The molecule has 2 aliphatic heterocycles. The van der Waals surface area contributed by atoms with Crippen molar-refractivity contribution in [3.8, 4) is 0 Å². The van der Waals surface area contributed by atoms with E-state index in [4.69, 9.17) is 0 Å². The molecule has 3 rings (SSSR count). The maximum atomic E-state index is 12.9. The van der Waals surface area contributed by atoms with Gasteiger partial charge in [0.25, 0.3) is 0 Å². The summed E-state index contributed by atoms with van der Waals surface area (Å²) in [5.41, 5.74) is 1.14. The number of urea groups is 1. The van der Waals surface area contributed by atoms with Crippen molar-refractivity contribution in [1.82, 2.24) is 15.1 Å². The van der Waals surface area contributed by atoms with E-state index in [-0.39, 0.29) is 17.8 Å². The van der Waals surface area contributed by atoms with Gasteiger partial charge in [-0.25, -0.2) is 9.18 Å². The second kappa shape index (κ2) is 6.56. The minimum Gasteiger partial charge on any atom is -0.341 e. The molecule has 6 heteroatoms. The van der Waals surface area contributed by atoms with Crippen LogP contribution in [0.5, 0.6) is 0 Å². The Hall–Kier alpha value is -2.11. The summed E-state index contributed by atoms with van der Waals surface area (Å²) in [5.74, 6) is 0.325. The van der Waals surface area contributed by atoms with Gasteiger partial charge in [0.15, 0.2) is 0 Å². The number of nitrogens with one attached hydrogen (secondary N) is 1. The van der Waals surface area contributed by atoms with Gasteiger partial charge in [0.2, 0.25) is 5.91 Å². The maximum absolute atomic E-state index is 12.9. The third-order valence-electron chi connectivity index (χ3n) is 4.76. The van der Waals surface area contributed by atoms with E-state index in [0.717, 1.165) is 37.9 Å². The summed E-state index contributed by atoms with van der Waals surface area (Å²) < 4.78 is 12.9. The van der Waals surface area contributed by atoms with E-state index in [1.807, 2.05) is 17.0 Å². The summed E-state index contributed by atoms with van der Waals surface area (Å²) in [6.45, 7) is 1.88. The molecule has 2 heterocycles. The average Bonchev–Trinajstić information content (AvgIpc) is 2.89. The van der Waals surface area contributed by atoms with Crippen molar-refractivity contribution in [3.05, 3.63) is 35.6 Å². The van der Waals surface area contributed by atoms with Crippen LogP contribution in [0.25, 0.3) is 0 Å². The van der Waals surface area contributed by atoms with Crippen LogP contribution in [0.1, 0.15) is 18.4 Å². The number of benzene rings is 1. The Bertz CT molecular complexity index is 582. The van der Waals surface area contributed by atoms with E-state index >= 15 is 0 Å². The van der Waals surface area contributed by atoms with Crippen molar-refractivity contribution in [2.24, 2.45) is 5.92 Å². The minimum atomic E-state index is -0.416. The molecule has 0 saturated carbocycles. The van der Waals surface area contributed by atoms with Crippen LogP contribution in [0.3, 0.4) is 0 Å². The van der Waals surface area contributed by atoms with Crippen molar-refractivity contribution < 1.29 is 14.0 Å². The molecular formula is C17H22FN3O2. The first-order valence-corrected chi connectivity index (χ1v) is 8.08. The summed E-state index contributed by atoms with van der Waals surface area (Å²) in [5, 5.41) is 2.72. The lowest BCUT2D eigenvalue weighted by Gasteiger charge is -2.33. The highest BCUT2D eigenvalue weighted by Crippen LogP contribution is 2.22. The van der Waals surface area contributed by atoms with Gasteiger partial charge in [-0.15, -0.1) is 0 Å². The fraction of sp³-hybridized carbons (Fsp3) is 0.529. The molecule has 0 radical (unpaired) electrons. The van der Waals surface area contributed by atoms with Gasteiger partial charge in [0.05, 0.1) is 6.54 Å². The zero-order chi connectivity index (χ0) is 16.4. The SMILES string of the molecule is CN1CC(C(=O)N2CCC(Cc3ccc(F)cc3)CC2)NC1=O. The summed E-state index contributed by atoms with van der Waals surface area (Å²) >= 11 is 0. The first-order valence-electron chi connectivity index (χ1n) is 8.08. The lowest BCUT2D eigenvalue weighted by molar-refractivity contribution is -0.134. The van der Waals surface area contributed by atoms with Crippen molar-refractivity contribution in [3.63, 3.8) is 0 Å². The Labute approximate surface area is 135 Å². The van der Waals surface area contributed by atoms with E-state index in [1.54, 1.807) is 7.05 Å². The maximum Gasteiger partial charge on any atom is 0.317 e. The smallest absolute Gasteiger partial charge is 0.317 e. The normalized spacial score (nSPS) is 22.3. The first-order chi connectivity index (χ1) is 11.0. The second-order valence-corrected chi connectivity index (χ2v) is 6.48. The van der Waals surface area contributed by atoms with E-state index < -0.39 is 6.04 Å². The Morgan fingerprint density at radius 3 is 2.48 bits per heavy atom. The van der Waals surface area contributed by atoms with Crippen LogP contribution in [0.4, 0.5) is 9.18 Å². The number of halogens is 1. The lowest BCUT2D eigenvalue weighted by Crippen LogP contribution is -2.48. The summed E-state index contributed by atoms with van der Waals surface area (Å²) in [4.78, 5) is 27.3. The Balaban J connectivity index is 1.49. The highest BCUT2D eigenvalue weighted by Gasteiger charge is 2.35. The molecule has 0 bridgehead atoms. The predicted molar refractivity (Wildman–Crippen MR) is 84.4 cm³/mol. The molecule has 0 aromatic heterocycles. The highest BCUT2D eigenvalue weighted by molar-refractivity contribution is 5.90. The average molecular weight is 319 g/mol. The quantitative estimate of drug-likeness (QED) is 0.921. The lowest BCUT2D eigenvalue weighted by atomic mass is 9.90. The standard InChI is InChI=1S/C17H22FN3O2/c1-20-11-15(19-17(20)23)16(22)21-8-6-13(7-9-21)10-12-2-4-14(18)5-3-12/h2-5,13,15H,6-11H2,1H3,(H,19,23). The molecule has 124 valence electrons. The fourth-order valence-corrected chi connectivity index (χ4v) is 3.33. The summed E-state index contributed by atoms with van der Waals surface area (Å²) in [6.07, 6.45) is 2.81. The van der Waals surface area contributed by atoms with E-state index in [2.05, 4.69) is 5.32 Å². The van der Waals surface area contributed by atoms with Gasteiger partial charge in [-0.1, -0.05) is 12.1 Å². The van der Waals surface area contributed by atoms with Crippen molar-refractivity contribution in [2.45, 2.75) is 25.3 Å². The molecule has 3 amide bonds. The number of nitrogens with zero attached hydrogens (tertiary/aromatic N) is 2. The number of carbonyl (C=O) groups excluding carboxylic acids is 2. The molecule has 2 aliphatic rings. The van der Waals surface area contributed by atoms with Crippen LogP contribution in [0.15, 0.2) is 24.3 Å². The zero-order valence-electron chi connectivity index (χ0n) is 13.3. The molecule has 0 spiro atoms. The number of amides is 3. The van der Waals surface area contributed by atoms with Gasteiger partial charge in [-0.2, -0.15) is 0 Å². The molecule has 1 atom stereocenters. The number of carbonyl (C=O) groups is 2. The molecule has 2 saturated heterocycles. The number of likely N-dealkylation sites (N-methyl/N-ethyl adjacent to an activating group) is 1. The van der Waals surface area contributed by atoms with E-state index in [9.17, 15) is 14.0 Å². The first kappa shape index (κ1) is 15.8. The number of hydrogen-bond acceptors (Lipinski definition) is 2. The van der Waals surface area contributed by atoms with Crippen LogP contribution in [-0.4, -0.2) is 54.5 Å². The largest absolute Gasteiger partial charge is 0.341 e. The highest BCUT2D eigenvalue weighted by atomic mass is 19.1. The van der Waals surface area contributed by atoms with Crippen LogP contribution >= 0.6 is 0 Å². The van der Waals surface area contributed by atoms with Gasteiger partial charge >= 0.3 is 6.03 Å². The molecular weight excluding hydrogens is 297 g/mol. The molecule has 1 N–H and O–H groups in total. The van der Waals surface area contributed by atoms with Crippen LogP contribution < -0.4 is 5.32 Å². The molecule has 1 aromatic rings. The van der Waals surface area contributed by atoms with Crippen LogP contribution in [0.2, 0.25) is 0 Å². The predicted octanol–water partition coefficient (Wildman–Crippen LogP) is 1.63. The van der Waals surface area contributed by atoms with Crippen LogP contribution in [-0.2, 0) is 11.2 Å². The van der Waals surface area contributed by atoms with Crippen LogP contribution in [0, 0.1) is 11.7 Å². The molecule has 2 fully saturated rings. The van der Waals surface area contributed by atoms with E-state index in [0.29, 0.717) is 12.5 Å². The van der Waals surface area contributed by atoms with Crippen molar-refractivity contribution >= 4 is 11.9 Å². The van der Waals surface area contributed by atoms with Crippen molar-refractivity contribution in [2.75, 3.05) is 26.7 Å². The number of rotatable bonds is 3. The van der Waals surface area contributed by atoms with E-state index in [1.165, 1.54) is 17.0 Å². The number of likely N-dealkylation sites (tertiary alicyclic amines) is 1. The van der Waals surface area contributed by atoms with Gasteiger partial charge < -0.3 is 15.1 Å². The molecule has 5 nitrogen and oxygen atoms in total. The van der Waals surface area contributed by atoms with Gasteiger partial charge in [-0.05, 0) is 42.9 Å². The van der Waals surface area contributed by atoms with Gasteiger partial charge in [0.1, 0.15) is 11.9 Å². The Kier molecular flexibility index (Phi) is 4.50. The molecule has 0 aliphatic carbocycles. The molecule has 1 unspecified atom stereocenters. The Morgan fingerprint density at radius 2 is 1.91 bits per heavy atom. The van der Waals surface area contributed by atoms with Gasteiger partial charge in [-0.3, -0.25) is 4.79 Å². The fourth-order valence-electron chi connectivity index (χ4n) is 3.33. The number of piperidine rings is 1. The summed E-state index contributed by atoms with van der Waals surface area (Å²) in [6, 6.07) is 6.05. The van der Waals surface area contributed by atoms with Gasteiger partial charge in [0, 0.05) is 20.1 Å². The topological polar surface area (TPSA) is 52.7 Å².